The molecule has 4 rings (SSSR count). The van der Waals surface area contributed by atoms with Gasteiger partial charge in [0.05, 0.1) is 5.69 Å². The van der Waals surface area contributed by atoms with E-state index in [1.807, 2.05) is 54.6 Å². The van der Waals surface area contributed by atoms with E-state index in [9.17, 15) is 0 Å². The SMILES string of the molecule is c1ccc(-c2cc3cc(-n4cnnn4)ccc3o2)cc1. The molecular weight excluding hydrogens is 252 g/mol. The van der Waals surface area contributed by atoms with Crippen LogP contribution in [0.2, 0.25) is 0 Å². The van der Waals surface area contributed by atoms with Gasteiger partial charge in [-0.05, 0) is 34.7 Å². The predicted octanol–water partition coefficient (Wildman–Crippen LogP) is 3.08. The Hall–Kier alpha value is -2.95. The molecule has 2 heterocycles. The van der Waals surface area contributed by atoms with E-state index in [2.05, 4.69) is 15.5 Å². The smallest absolute Gasteiger partial charge is 0.143 e. The molecule has 0 atom stereocenters. The standard InChI is InChI=1S/C15H10N4O/c1-2-4-11(5-3-1)15-9-12-8-13(6-7-14(12)20-15)19-10-16-17-18-19/h1-10H. The number of tetrazole rings is 1. The van der Waals surface area contributed by atoms with Gasteiger partial charge in [-0.25, -0.2) is 4.68 Å². The summed E-state index contributed by atoms with van der Waals surface area (Å²) < 4.78 is 7.49. The number of fused-ring (bicyclic) bond motifs is 1. The number of furan rings is 1. The van der Waals surface area contributed by atoms with Crippen LogP contribution in [-0.2, 0) is 0 Å². The summed E-state index contributed by atoms with van der Waals surface area (Å²) in [6.07, 6.45) is 1.57. The van der Waals surface area contributed by atoms with E-state index >= 15 is 0 Å². The second-order valence-electron chi connectivity index (χ2n) is 4.45. The van der Waals surface area contributed by atoms with Gasteiger partial charge in [-0.15, -0.1) is 5.10 Å². The maximum Gasteiger partial charge on any atom is 0.143 e. The van der Waals surface area contributed by atoms with Crippen molar-refractivity contribution in [3.8, 4) is 17.0 Å². The van der Waals surface area contributed by atoms with Crippen LogP contribution in [0, 0.1) is 0 Å². The third-order valence-corrected chi connectivity index (χ3v) is 3.17. The van der Waals surface area contributed by atoms with Crippen molar-refractivity contribution in [2.75, 3.05) is 0 Å². The summed E-state index contributed by atoms with van der Waals surface area (Å²) in [5, 5.41) is 12.2. The van der Waals surface area contributed by atoms with E-state index in [4.69, 9.17) is 4.42 Å². The first-order valence-corrected chi connectivity index (χ1v) is 6.22. The van der Waals surface area contributed by atoms with Crippen LogP contribution in [0.5, 0.6) is 0 Å². The fourth-order valence-corrected chi connectivity index (χ4v) is 2.20. The second-order valence-corrected chi connectivity index (χ2v) is 4.45. The lowest BCUT2D eigenvalue weighted by molar-refractivity contribution is 0.631. The van der Waals surface area contributed by atoms with E-state index in [1.165, 1.54) is 0 Å². The lowest BCUT2D eigenvalue weighted by Crippen LogP contribution is -1.93. The molecule has 0 aliphatic rings. The van der Waals surface area contributed by atoms with Crippen molar-refractivity contribution in [2.45, 2.75) is 0 Å². The normalized spacial score (nSPS) is 11.0. The largest absolute Gasteiger partial charge is 0.456 e. The maximum atomic E-state index is 5.87. The van der Waals surface area contributed by atoms with Gasteiger partial charge in [-0.2, -0.15) is 0 Å². The summed E-state index contributed by atoms with van der Waals surface area (Å²) in [4.78, 5) is 0. The van der Waals surface area contributed by atoms with E-state index in [0.717, 1.165) is 28.0 Å². The van der Waals surface area contributed by atoms with Gasteiger partial charge in [0.1, 0.15) is 17.7 Å². The molecule has 0 aliphatic heterocycles. The molecule has 4 aromatic rings. The third-order valence-electron chi connectivity index (χ3n) is 3.17. The Balaban J connectivity index is 1.84. The van der Waals surface area contributed by atoms with Crippen molar-refractivity contribution in [3.63, 3.8) is 0 Å². The molecular formula is C15H10N4O. The number of hydrogen-bond acceptors (Lipinski definition) is 4. The summed E-state index contributed by atoms with van der Waals surface area (Å²) in [6.45, 7) is 0. The fourth-order valence-electron chi connectivity index (χ4n) is 2.20. The fraction of sp³-hybridized carbons (Fsp3) is 0. The molecule has 20 heavy (non-hydrogen) atoms. The maximum absolute atomic E-state index is 5.87. The summed E-state index contributed by atoms with van der Waals surface area (Å²) in [7, 11) is 0. The van der Waals surface area contributed by atoms with Gasteiger partial charge >= 0.3 is 0 Å². The summed E-state index contributed by atoms with van der Waals surface area (Å²) in [5.41, 5.74) is 2.82. The van der Waals surface area contributed by atoms with Crippen LogP contribution >= 0.6 is 0 Å². The quantitative estimate of drug-likeness (QED) is 0.557. The van der Waals surface area contributed by atoms with Crippen LogP contribution < -0.4 is 0 Å². The Kier molecular flexibility index (Phi) is 2.35. The topological polar surface area (TPSA) is 56.7 Å². The molecule has 0 fully saturated rings. The van der Waals surface area contributed by atoms with Gasteiger partial charge in [-0.1, -0.05) is 30.3 Å². The first-order chi connectivity index (χ1) is 9.90. The lowest BCUT2D eigenvalue weighted by Gasteiger charge is -1.97. The average molecular weight is 262 g/mol. The molecule has 0 aliphatic carbocycles. The number of aromatic nitrogens is 4. The summed E-state index contributed by atoms with van der Waals surface area (Å²) in [6, 6.07) is 17.9. The van der Waals surface area contributed by atoms with Gasteiger partial charge in [-0.3, -0.25) is 0 Å². The zero-order valence-electron chi connectivity index (χ0n) is 10.5. The molecule has 0 saturated heterocycles. The molecule has 0 unspecified atom stereocenters. The Bertz CT molecular complexity index is 850. The van der Waals surface area contributed by atoms with Crippen molar-refractivity contribution in [1.29, 1.82) is 0 Å². The van der Waals surface area contributed by atoms with Crippen LogP contribution in [0.1, 0.15) is 0 Å². The van der Waals surface area contributed by atoms with Gasteiger partial charge in [0.25, 0.3) is 0 Å². The van der Waals surface area contributed by atoms with E-state index in [0.29, 0.717) is 0 Å². The van der Waals surface area contributed by atoms with Crippen LogP contribution in [0.4, 0.5) is 0 Å². The van der Waals surface area contributed by atoms with Gasteiger partial charge in [0, 0.05) is 10.9 Å². The first-order valence-electron chi connectivity index (χ1n) is 6.22. The minimum atomic E-state index is 0.848. The van der Waals surface area contributed by atoms with Crippen molar-refractivity contribution in [1.82, 2.24) is 20.2 Å². The molecule has 0 amide bonds. The molecule has 2 aromatic heterocycles. The molecule has 0 spiro atoms. The van der Waals surface area contributed by atoms with Crippen molar-refractivity contribution >= 4 is 11.0 Å². The Morgan fingerprint density at radius 2 is 1.85 bits per heavy atom. The summed E-state index contributed by atoms with van der Waals surface area (Å²) >= 11 is 0. The van der Waals surface area contributed by atoms with Crippen LogP contribution in [0.15, 0.2) is 65.3 Å². The number of benzene rings is 2. The van der Waals surface area contributed by atoms with E-state index in [1.54, 1.807) is 11.0 Å². The highest BCUT2D eigenvalue weighted by atomic mass is 16.3. The monoisotopic (exact) mass is 262 g/mol. The molecule has 0 radical (unpaired) electrons. The van der Waals surface area contributed by atoms with E-state index < -0.39 is 0 Å². The minimum Gasteiger partial charge on any atom is -0.456 e. The average Bonchev–Trinajstić information content (AvgIpc) is 3.16. The van der Waals surface area contributed by atoms with Crippen molar-refractivity contribution < 1.29 is 4.42 Å². The number of nitrogens with zero attached hydrogens (tertiary/aromatic N) is 4. The Morgan fingerprint density at radius 3 is 2.65 bits per heavy atom. The second kappa shape index (κ2) is 4.31. The van der Waals surface area contributed by atoms with Gasteiger partial charge in [0.2, 0.25) is 0 Å². The zero-order chi connectivity index (χ0) is 13.4. The zero-order valence-corrected chi connectivity index (χ0v) is 10.5. The van der Waals surface area contributed by atoms with Crippen LogP contribution in [-0.4, -0.2) is 20.2 Å². The molecule has 96 valence electrons. The highest BCUT2D eigenvalue weighted by molar-refractivity contribution is 5.84. The van der Waals surface area contributed by atoms with Crippen LogP contribution in [0.3, 0.4) is 0 Å². The molecule has 5 nitrogen and oxygen atoms in total. The Labute approximate surface area is 114 Å². The van der Waals surface area contributed by atoms with Crippen LogP contribution in [0.25, 0.3) is 28.0 Å². The first kappa shape index (κ1) is 10.9. The third kappa shape index (κ3) is 1.76. The highest BCUT2D eigenvalue weighted by Crippen LogP contribution is 2.28. The number of hydrogen-bond donors (Lipinski definition) is 0. The molecule has 0 saturated carbocycles. The molecule has 0 N–H and O–H groups in total. The van der Waals surface area contributed by atoms with Gasteiger partial charge < -0.3 is 4.42 Å². The Morgan fingerprint density at radius 1 is 0.950 bits per heavy atom. The number of rotatable bonds is 2. The predicted molar refractivity (Wildman–Crippen MR) is 74.4 cm³/mol. The minimum absolute atomic E-state index is 0.848. The molecule has 2 aromatic carbocycles. The highest BCUT2D eigenvalue weighted by Gasteiger charge is 2.07. The van der Waals surface area contributed by atoms with Crippen molar-refractivity contribution in [2.24, 2.45) is 0 Å². The van der Waals surface area contributed by atoms with Crippen molar-refractivity contribution in [3.05, 3.63) is 60.9 Å². The molecule has 0 bridgehead atoms. The molecule has 5 heteroatoms. The van der Waals surface area contributed by atoms with E-state index in [-0.39, 0.29) is 0 Å². The summed E-state index contributed by atoms with van der Waals surface area (Å²) in [5.74, 6) is 0.856. The van der Waals surface area contributed by atoms with Gasteiger partial charge in [0.15, 0.2) is 0 Å². The lowest BCUT2D eigenvalue weighted by atomic mass is 10.1.